The van der Waals surface area contributed by atoms with Gasteiger partial charge in [0.2, 0.25) is 0 Å². The van der Waals surface area contributed by atoms with Crippen molar-refractivity contribution in [2.75, 3.05) is 6.61 Å². The molecule has 2 heteroatoms. The first-order chi connectivity index (χ1) is 6.70. The maximum Gasteiger partial charge on any atom is 0.0504 e. The lowest BCUT2D eigenvalue weighted by atomic mass is 10.1. The molecule has 1 aromatic carbocycles. The summed E-state index contributed by atoms with van der Waals surface area (Å²) in [4.78, 5) is 1.27. The summed E-state index contributed by atoms with van der Waals surface area (Å²) in [5, 5.41) is 10.4. The van der Waals surface area contributed by atoms with Crippen LogP contribution in [0.2, 0.25) is 0 Å². The number of aliphatic hydroxyl groups is 1. The zero-order valence-electron chi connectivity index (χ0n) is 8.45. The highest BCUT2D eigenvalue weighted by Gasteiger charge is 2.08. The van der Waals surface area contributed by atoms with Gasteiger partial charge in [0.15, 0.2) is 0 Å². The van der Waals surface area contributed by atoms with Crippen molar-refractivity contribution < 1.29 is 5.11 Å². The quantitative estimate of drug-likeness (QED) is 0.799. The molecule has 0 aliphatic carbocycles. The Morgan fingerprint density at radius 1 is 1.36 bits per heavy atom. The van der Waals surface area contributed by atoms with Crippen molar-refractivity contribution in [3.05, 3.63) is 34.7 Å². The van der Waals surface area contributed by atoms with Crippen LogP contribution in [0.25, 0.3) is 10.1 Å². The summed E-state index contributed by atoms with van der Waals surface area (Å²) in [6.45, 7) is 4.38. The van der Waals surface area contributed by atoms with E-state index in [9.17, 15) is 0 Å². The number of benzene rings is 1. The molecule has 0 amide bonds. The minimum atomic E-state index is 0.228. The standard InChI is InChI=1S/C12H14OS/c1-8-3-4-11-10(5-8)6-12(14-11)9(2)7-13/h3-6,9,13H,7H2,1-2H3. The van der Waals surface area contributed by atoms with E-state index in [1.165, 1.54) is 20.5 Å². The zero-order valence-corrected chi connectivity index (χ0v) is 9.27. The van der Waals surface area contributed by atoms with Gasteiger partial charge in [-0.15, -0.1) is 11.3 Å². The Labute approximate surface area is 88.0 Å². The third kappa shape index (κ3) is 1.68. The first-order valence-corrected chi connectivity index (χ1v) is 5.63. The molecule has 1 atom stereocenters. The molecule has 0 fully saturated rings. The second-order valence-electron chi connectivity index (χ2n) is 3.77. The van der Waals surface area contributed by atoms with Gasteiger partial charge in [-0.05, 0) is 24.4 Å². The molecule has 1 nitrogen and oxygen atoms in total. The third-order valence-electron chi connectivity index (χ3n) is 2.45. The van der Waals surface area contributed by atoms with E-state index in [4.69, 9.17) is 5.11 Å². The Morgan fingerprint density at radius 2 is 2.14 bits per heavy atom. The van der Waals surface area contributed by atoms with E-state index < -0.39 is 0 Å². The molecule has 1 aromatic heterocycles. The average Bonchev–Trinajstić information content (AvgIpc) is 2.59. The molecule has 0 bridgehead atoms. The van der Waals surface area contributed by atoms with E-state index in [0.29, 0.717) is 0 Å². The molecule has 0 saturated heterocycles. The van der Waals surface area contributed by atoms with Gasteiger partial charge in [-0.2, -0.15) is 0 Å². The fourth-order valence-electron chi connectivity index (χ4n) is 1.52. The Kier molecular flexibility index (Phi) is 2.57. The summed E-state index contributed by atoms with van der Waals surface area (Å²) in [5.41, 5.74) is 1.29. The van der Waals surface area contributed by atoms with E-state index in [1.807, 2.05) is 0 Å². The lowest BCUT2D eigenvalue weighted by Crippen LogP contribution is -1.94. The maximum atomic E-state index is 9.07. The van der Waals surface area contributed by atoms with Gasteiger partial charge in [-0.1, -0.05) is 24.6 Å². The third-order valence-corrected chi connectivity index (χ3v) is 3.80. The van der Waals surface area contributed by atoms with Crippen LogP contribution in [-0.4, -0.2) is 11.7 Å². The van der Waals surface area contributed by atoms with Crippen LogP contribution < -0.4 is 0 Å². The minimum Gasteiger partial charge on any atom is -0.396 e. The summed E-state index contributed by atoms with van der Waals surface area (Å²) >= 11 is 1.78. The fourth-order valence-corrected chi connectivity index (χ4v) is 2.60. The molecule has 2 rings (SSSR count). The summed E-state index contributed by atoms with van der Waals surface area (Å²) in [6, 6.07) is 8.67. The first kappa shape index (κ1) is 9.69. The minimum absolute atomic E-state index is 0.228. The molecule has 1 unspecified atom stereocenters. The van der Waals surface area contributed by atoms with Crippen LogP contribution in [0.15, 0.2) is 24.3 Å². The number of rotatable bonds is 2. The fraction of sp³-hybridized carbons (Fsp3) is 0.333. The van der Waals surface area contributed by atoms with Gasteiger partial charge in [0.05, 0.1) is 6.61 Å². The molecule has 0 saturated carbocycles. The molecule has 1 heterocycles. The van der Waals surface area contributed by atoms with Crippen molar-refractivity contribution in [2.45, 2.75) is 19.8 Å². The van der Waals surface area contributed by atoms with Gasteiger partial charge < -0.3 is 5.11 Å². The number of aliphatic hydroxyl groups excluding tert-OH is 1. The summed E-state index contributed by atoms with van der Waals surface area (Å²) in [5.74, 6) is 0.257. The molecule has 0 radical (unpaired) electrons. The van der Waals surface area contributed by atoms with E-state index in [1.54, 1.807) is 11.3 Å². The van der Waals surface area contributed by atoms with Gasteiger partial charge >= 0.3 is 0 Å². The van der Waals surface area contributed by atoms with E-state index in [-0.39, 0.29) is 12.5 Å². The monoisotopic (exact) mass is 206 g/mol. The van der Waals surface area contributed by atoms with Crippen LogP contribution in [0.1, 0.15) is 23.3 Å². The second-order valence-corrected chi connectivity index (χ2v) is 4.89. The SMILES string of the molecule is Cc1ccc2sc(C(C)CO)cc2c1. The van der Waals surface area contributed by atoms with Crippen LogP contribution in [0.5, 0.6) is 0 Å². The number of hydrogen-bond donors (Lipinski definition) is 1. The lowest BCUT2D eigenvalue weighted by molar-refractivity contribution is 0.274. The summed E-state index contributed by atoms with van der Waals surface area (Å²) in [6.07, 6.45) is 0. The van der Waals surface area contributed by atoms with Crippen molar-refractivity contribution in [3.63, 3.8) is 0 Å². The first-order valence-electron chi connectivity index (χ1n) is 4.81. The van der Waals surface area contributed by atoms with Gasteiger partial charge in [0.1, 0.15) is 0 Å². The lowest BCUT2D eigenvalue weighted by Gasteiger charge is -2.01. The average molecular weight is 206 g/mol. The normalized spacial score (nSPS) is 13.4. The van der Waals surface area contributed by atoms with Crippen LogP contribution in [0.4, 0.5) is 0 Å². The van der Waals surface area contributed by atoms with Gasteiger partial charge in [0.25, 0.3) is 0 Å². The molecule has 74 valence electrons. The van der Waals surface area contributed by atoms with Gasteiger partial charge in [-0.25, -0.2) is 0 Å². The molecule has 0 spiro atoms. The smallest absolute Gasteiger partial charge is 0.0504 e. The maximum absolute atomic E-state index is 9.07. The van der Waals surface area contributed by atoms with Crippen LogP contribution in [-0.2, 0) is 0 Å². The Balaban J connectivity index is 2.51. The van der Waals surface area contributed by atoms with Crippen LogP contribution in [0, 0.1) is 6.92 Å². The van der Waals surface area contributed by atoms with E-state index in [2.05, 4.69) is 38.1 Å². The largest absolute Gasteiger partial charge is 0.396 e. The van der Waals surface area contributed by atoms with Crippen molar-refractivity contribution in [1.82, 2.24) is 0 Å². The number of aryl methyl sites for hydroxylation is 1. The van der Waals surface area contributed by atoms with E-state index >= 15 is 0 Å². The van der Waals surface area contributed by atoms with Gasteiger partial charge in [0, 0.05) is 15.5 Å². The summed E-state index contributed by atoms with van der Waals surface area (Å²) < 4.78 is 1.31. The summed E-state index contributed by atoms with van der Waals surface area (Å²) in [7, 11) is 0. The molecule has 0 aliphatic heterocycles. The highest BCUT2D eigenvalue weighted by Crippen LogP contribution is 2.31. The number of fused-ring (bicyclic) bond motifs is 1. The molecular formula is C12H14OS. The zero-order chi connectivity index (χ0) is 10.1. The highest BCUT2D eigenvalue weighted by molar-refractivity contribution is 7.19. The number of thiophene rings is 1. The Morgan fingerprint density at radius 3 is 2.86 bits per heavy atom. The predicted octanol–water partition coefficient (Wildman–Crippen LogP) is 3.31. The van der Waals surface area contributed by atoms with E-state index in [0.717, 1.165) is 0 Å². The molecule has 1 N–H and O–H groups in total. The highest BCUT2D eigenvalue weighted by atomic mass is 32.1. The van der Waals surface area contributed by atoms with Crippen molar-refractivity contribution in [2.24, 2.45) is 0 Å². The molecule has 0 aliphatic rings. The van der Waals surface area contributed by atoms with Crippen molar-refractivity contribution >= 4 is 21.4 Å². The van der Waals surface area contributed by atoms with Crippen LogP contribution in [0.3, 0.4) is 0 Å². The number of hydrogen-bond acceptors (Lipinski definition) is 2. The second kappa shape index (κ2) is 3.71. The van der Waals surface area contributed by atoms with Gasteiger partial charge in [-0.3, -0.25) is 0 Å². The predicted molar refractivity (Wildman–Crippen MR) is 62.1 cm³/mol. The molecule has 14 heavy (non-hydrogen) atoms. The molecular weight excluding hydrogens is 192 g/mol. The Bertz CT molecular complexity index is 445. The van der Waals surface area contributed by atoms with Crippen molar-refractivity contribution in [3.8, 4) is 0 Å². The Hall–Kier alpha value is -0.860. The van der Waals surface area contributed by atoms with Crippen LogP contribution >= 0.6 is 11.3 Å². The molecule has 2 aromatic rings. The van der Waals surface area contributed by atoms with Crippen molar-refractivity contribution in [1.29, 1.82) is 0 Å². The topological polar surface area (TPSA) is 20.2 Å².